The molecule has 0 fully saturated rings. The molecule has 1 unspecified atom stereocenters. The highest BCUT2D eigenvalue weighted by atomic mass is 16.1. The summed E-state index contributed by atoms with van der Waals surface area (Å²) >= 11 is 0. The highest BCUT2D eigenvalue weighted by molar-refractivity contribution is 5.75. The molecule has 18 heavy (non-hydrogen) atoms. The van der Waals surface area contributed by atoms with Crippen LogP contribution >= 0.6 is 0 Å². The van der Waals surface area contributed by atoms with Gasteiger partial charge in [-0.3, -0.25) is 9.48 Å². The summed E-state index contributed by atoms with van der Waals surface area (Å²) in [6.45, 7) is 8.31. The summed E-state index contributed by atoms with van der Waals surface area (Å²) in [4.78, 5) is 11.2. The van der Waals surface area contributed by atoms with Gasteiger partial charge in [-0.2, -0.15) is 5.10 Å². The molecule has 102 valence electrons. The second-order valence-corrected chi connectivity index (χ2v) is 4.42. The van der Waals surface area contributed by atoms with E-state index in [2.05, 4.69) is 29.6 Å². The van der Waals surface area contributed by atoms with Gasteiger partial charge in [0, 0.05) is 38.3 Å². The maximum Gasteiger partial charge on any atom is 0.221 e. The van der Waals surface area contributed by atoms with Crippen molar-refractivity contribution in [2.45, 2.75) is 46.2 Å². The van der Waals surface area contributed by atoms with Gasteiger partial charge in [0.05, 0.1) is 5.69 Å². The topological polar surface area (TPSA) is 59.0 Å². The van der Waals surface area contributed by atoms with E-state index in [4.69, 9.17) is 0 Å². The minimum Gasteiger partial charge on any atom is -0.356 e. The number of carbonyl (C=O) groups is 1. The molecule has 5 nitrogen and oxygen atoms in total. The maximum absolute atomic E-state index is 11.2. The molecule has 0 aromatic carbocycles. The van der Waals surface area contributed by atoms with Crippen LogP contribution < -0.4 is 10.6 Å². The lowest BCUT2D eigenvalue weighted by Gasteiger charge is -2.08. The lowest BCUT2D eigenvalue weighted by molar-refractivity contribution is -0.120. The van der Waals surface area contributed by atoms with Crippen LogP contribution in [0.2, 0.25) is 0 Å². The zero-order valence-corrected chi connectivity index (χ0v) is 11.6. The Bertz CT molecular complexity index is 362. The van der Waals surface area contributed by atoms with E-state index in [1.807, 2.05) is 23.9 Å². The van der Waals surface area contributed by atoms with Gasteiger partial charge < -0.3 is 10.6 Å². The van der Waals surface area contributed by atoms with E-state index in [-0.39, 0.29) is 5.91 Å². The molecule has 0 aliphatic heterocycles. The van der Waals surface area contributed by atoms with Crippen molar-refractivity contribution in [1.29, 1.82) is 0 Å². The van der Waals surface area contributed by atoms with Gasteiger partial charge in [-0.1, -0.05) is 6.92 Å². The SMILES string of the molecule is CCNC(=O)CCNCc1ccn(C(C)CC)n1. The molecule has 1 atom stereocenters. The quantitative estimate of drug-likeness (QED) is 0.689. The van der Waals surface area contributed by atoms with Gasteiger partial charge in [0.2, 0.25) is 5.91 Å². The normalized spacial score (nSPS) is 12.4. The van der Waals surface area contributed by atoms with Gasteiger partial charge in [-0.15, -0.1) is 0 Å². The van der Waals surface area contributed by atoms with E-state index in [0.29, 0.717) is 32.1 Å². The van der Waals surface area contributed by atoms with Crippen LogP contribution in [0.5, 0.6) is 0 Å². The smallest absolute Gasteiger partial charge is 0.221 e. The molecule has 1 rings (SSSR count). The van der Waals surface area contributed by atoms with Crippen molar-refractivity contribution in [2.75, 3.05) is 13.1 Å². The van der Waals surface area contributed by atoms with Gasteiger partial charge >= 0.3 is 0 Å². The number of hydrogen-bond donors (Lipinski definition) is 2. The third-order valence-electron chi connectivity index (χ3n) is 2.91. The Labute approximate surface area is 109 Å². The first-order valence-corrected chi connectivity index (χ1v) is 6.68. The first-order chi connectivity index (χ1) is 8.67. The molecule has 0 radical (unpaired) electrons. The molecule has 0 aliphatic rings. The number of nitrogens with zero attached hydrogens (tertiary/aromatic N) is 2. The monoisotopic (exact) mass is 252 g/mol. The van der Waals surface area contributed by atoms with Crippen molar-refractivity contribution >= 4 is 5.91 Å². The summed E-state index contributed by atoms with van der Waals surface area (Å²) in [5.41, 5.74) is 1.02. The minimum atomic E-state index is 0.0927. The molecule has 0 saturated carbocycles. The first kappa shape index (κ1) is 14.7. The molecule has 5 heteroatoms. The number of aromatic nitrogens is 2. The molecule has 1 heterocycles. The number of rotatable bonds is 8. The molecule has 0 bridgehead atoms. The Hall–Kier alpha value is -1.36. The fraction of sp³-hybridized carbons (Fsp3) is 0.692. The maximum atomic E-state index is 11.2. The van der Waals surface area contributed by atoms with E-state index in [1.165, 1.54) is 0 Å². The third kappa shape index (κ3) is 4.87. The van der Waals surface area contributed by atoms with Crippen LogP contribution in [0, 0.1) is 0 Å². The molecule has 0 saturated heterocycles. The van der Waals surface area contributed by atoms with Crippen LogP contribution in [0.4, 0.5) is 0 Å². The predicted octanol–water partition coefficient (Wildman–Crippen LogP) is 1.47. The second kappa shape index (κ2) is 7.87. The standard InChI is InChI=1S/C13H24N4O/c1-4-11(3)17-9-7-12(16-17)10-14-8-6-13(18)15-5-2/h7,9,11,14H,4-6,8,10H2,1-3H3,(H,15,18). The summed E-state index contributed by atoms with van der Waals surface area (Å²) in [5.74, 6) is 0.0927. The largest absolute Gasteiger partial charge is 0.356 e. The molecule has 0 spiro atoms. The number of hydrogen-bond acceptors (Lipinski definition) is 3. The lowest BCUT2D eigenvalue weighted by Crippen LogP contribution is -2.27. The highest BCUT2D eigenvalue weighted by Crippen LogP contribution is 2.08. The summed E-state index contributed by atoms with van der Waals surface area (Å²) in [7, 11) is 0. The fourth-order valence-electron chi connectivity index (χ4n) is 1.61. The van der Waals surface area contributed by atoms with Crippen LogP contribution in [0.25, 0.3) is 0 Å². The summed E-state index contributed by atoms with van der Waals surface area (Å²) in [6.07, 6.45) is 3.60. The van der Waals surface area contributed by atoms with Crippen LogP contribution in [0.3, 0.4) is 0 Å². The Kier molecular flexibility index (Phi) is 6.43. The zero-order valence-electron chi connectivity index (χ0n) is 11.6. The Balaban J connectivity index is 2.23. The molecule has 0 aliphatic carbocycles. The van der Waals surface area contributed by atoms with E-state index >= 15 is 0 Å². The average Bonchev–Trinajstić information content (AvgIpc) is 2.83. The van der Waals surface area contributed by atoms with Gasteiger partial charge in [0.15, 0.2) is 0 Å². The Morgan fingerprint density at radius 2 is 2.28 bits per heavy atom. The van der Waals surface area contributed by atoms with Crippen molar-refractivity contribution in [3.8, 4) is 0 Å². The summed E-state index contributed by atoms with van der Waals surface area (Å²) < 4.78 is 1.99. The Morgan fingerprint density at radius 3 is 2.94 bits per heavy atom. The molecule has 1 aromatic rings. The average molecular weight is 252 g/mol. The Morgan fingerprint density at radius 1 is 1.50 bits per heavy atom. The van der Waals surface area contributed by atoms with E-state index in [9.17, 15) is 4.79 Å². The van der Waals surface area contributed by atoms with Crippen molar-refractivity contribution in [3.05, 3.63) is 18.0 Å². The highest BCUT2D eigenvalue weighted by Gasteiger charge is 2.04. The zero-order chi connectivity index (χ0) is 13.4. The molecular formula is C13H24N4O. The van der Waals surface area contributed by atoms with Gasteiger partial charge in [-0.25, -0.2) is 0 Å². The summed E-state index contributed by atoms with van der Waals surface area (Å²) in [6, 6.07) is 2.46. The first-order valence-electron chi connectivity index (χ1n) is 6.68. The van der Waals surface area contributed by atoms with Crippen LogP contribution in [-0.4, -0.2) is 28.8 Å². The van der Waals surface area contributed by atoms with Crippen LogP contribution in [0.1, 0.15) is 45.3 Å². The van der Waals surface area contributed by atoms with Gasteiger partial charge in [0.1, 0.15) is 0 Å². The molecular weight excluding hydrogens is 228 g/mol. The summed E-state index contributed by atoms with van der Waals surface area (Å²) in [5, 5.41) is 10.5. The molecule has 1 amide bonds. The van der Waals surface area contributed by atoms with Crippen LogP contribution in [-0.2, 0) is 11.3 Å². The van der Waals surface area contributed by atoms with Crippen molar-refractivity contribution in [2.24, 2.45) is 0 Å². The fourth-order valence-corrected chi connectivity index (χ4v) is 1.61. The van der Waals surface area contributed by atoms with Crippen molar-refractivity contribution in [3.63, 3.8) is 0 Å². The van der Waals surface area contributed by atoms with Crippen molar-refractivity contribution < 1.29 is 4.79 Å². The second-order valence-electron chi connectivity index (χ2n) is 4.42. The van der Waals surface area contributed by atoms with Crippen molar-refractivity contribution in [1.82, 2.24) is 20.4 Å². The number of carbonyl (C=O) groups excluding carboxylic acids is 1. The molecule has 2 N–H and O–H groups in total. The van der Waals surface area contributed by atoms with Gasteiger partial charge in [-0.05, 0) is 26.3 Å². The third-order valence-corrected chi connectivity index (χ3v) is 2.91. The van der Waals surface area contributed by atoms with Crippen LogP contribution in [0.15, 0.2) is 12.3 Å². The molecule has 1 aromatic heterocycles. The minimum absolute atomic E-state index is 0.0927. The van der Waals surface area contributed by atoms with E-state index in [0.717, 1.165) is 12.1 Å². The predicted molar refractivity (Wildman–Crippen MR) is 72.2 cm³/mol. The lowest BCUT2D eigenvalue weighted by atomic mass is 10.3. The van der Waals surface area contributed by atoms with E-state index in [1.54, 1.807) is 0 Å². The van der Waals surface area contributed by atoms with E-state index < -0.39 is 0 Å². The number of nitrogens with one attached hydrogen (secondary N) is 2. The van der Waals surface area contributed by atoms with Gasteiger partial charge in [0.25, 0.3) is 0 Å². The number of amides is 1.